The van der Waals surface area contributed by atoms with Crippen molar-refractivity contribution >= 4 is 31.9 Å². The van der Waals surface area contributed by atoms with E-state index in [0.717, 1.165) is 28.5 Å². The molecule has 0 saturated heterocycles. The molecule has 0 radical (unpaired) electrons. The Morgan fingerprint density at radius 3 is 2.45 bits per heavy atom. The highest BCUT2D eigenvalue weighted by molar-refractivity contribution is 9.11. The molecule has 0 fully saturated rings. The van der Waals surface area contributed by atoms with E-state index in [-0.39, 0.29) is 6.04 Å². The van der Waals surface area contributed by atoms with Crippen LogP contribution in [0.15, 0.2) is 39.5 Å². The van der Waals surface area contributed by atoms with Crippen molar-refractivity contribution in [2.45, 2.75) is 32.9 Å². The molecule has 1 unspecified atom stereocenters. The van der Waals surface area contributed by atoms with E-state index in [1.165, 1.54) is 11.1 Å². The molecule has 1 aromatic carbocycles. The van der Waals surface area contributed by atoms with Gasteiger partial charge in [-0.25, -0.2) is 0 Å². The average Bonchev–Trinajstić information content (AvgIpc) is 2.83. The number of aromatic nitrogens is 2. The summed E-state index contributed by atoms with van der Waals surface area (Å²) in [6.07, 6.45) is 5.18. The highest BCUT2D eigenvalue weighted by Gasteiger charge is 2.16. The first-order valence-corrected chi connectivity index (χ1v) is 8.44. The van der Waals surface area contributed by atoms with Crippen molar-refractivity contribution < 1.29 is 0 Å². The molecule has 5 heteroatoms. The number of hydrogen-bond acceptors (Lipinski definition) is 2. The van der Waals surface area contributed by atoms with Gasteiger partial charge in [-0.2, -0.15) is 5.10 Å². The van der Waals surface area contributed by atoms with Crippen LogP contribution in [0.1, 0.15) is 37.4 Å². The van der Waals surface area contributed by atoms with E-state index in [4.69, 9.17) is 0 Å². The van der Waals surface area contributed by atoms with Crippen molar-refractivity contribution in [3.63, 3.8) is 0 Å². The van der Waals surface area contributed by atoms with Gasteiger partial charge in [0.15, 0.2) is 0 Å². The standard InChI is InChI=1S/C15H19Br2N3/c1-3-5-20-10-12(9-19-20)15(18-4-2)11-6-13(16)8-14(17)7-11/h6-10,15,18H,3-5H2,1-2H3. The first-order valence-electron chi connectivity index (χ1n) is 6.85. The molecule has 0 saturated carbocycles. The SMILES string of the molecule is CCCn1cc(C(NCC)c2cc(Br)cc(Br)c2)cn1. The predicted molar refractivity (Wildman–Crippen MR) is 89.9 cm³/mol. The number of nitrogens with one attached hydrogen (secondary N) is 1. The Bertz CT molecular complexity index is 546. The summed E-state index contributed by atoms with van der Waals surface area (Å²) in [5, 5.41) is 7.96. The predicted octanol–water partition coefficient (Wildman–Crippen LogP) is 4.52. The number of hydrogen-bond donors (Lipinski definition) is 1. The molecule has 0 bridgehead atoms. The molecule has 1 N–H and O–H groups in total. The minimum absolute atomic E-state index is 0.166. The van der Waals surface area contributed by atoms with Crippen LogP contribution in [0.3, 0.4) is 0 Å². The van der Waals surface area contributed by atoms with Crippen LogP contribution in [0.4, 0.5) is 0 Å². The lowest BCUT2D eigenvalue weighted by Gasteiger charge is -2.17. The molecule has 2 rings (SSSR count). The Hall–Kier alpha value is -0.650. The van der Waals surface area contributed by atoms with E-state index in [1.54, 1.807) is 0 Å². The number of rotatable bonds is 6. The van der Waals surface area contributed by atoms with Crippen LogP contribution < -0.4 is 5.32 Å². The van der Waals surface area contributed by atoms with Crippen LogP contribution in [0, 0.1) is 0 Å². The summed E-state index contributed by atoms with van der Waals surface area (Å²) in [6.45, 7) is 6.15. The molecule has 3 nitrogen and oxygen atoms in total. The lowest BCUT2D eigenvalue weighted by molar-refractivity contribution is 0.597. The third-order valence-corrected chi connectivity index (χ3v) is 3.98. The van der Waals surface area contributed by atoms with Crippen molar-refractivity contribution in [3.05, 3.63) is 50.7 Å². The normalized spacial score (nSPS) is 12.6. The van der Waals surface area contributed by atoms with E-state index in [2.05, 4.69) is 74.5 Å². The van der Waals surface area contributed by atoms with Gasteiger partial charge >= 0.3 is 0 Å². The first-order chi connectivity index (χ1) is 9.63. The number of benzene rings is 1. The number of halogens is 2. The smallest absolute Gasteiger partial charge is 0.0608 e. The molecule has 1 heterocycles. The fourth-order valence-electron chi connectivity index (χ4n) is 2.25. The second-order valence-electron chi connectivity index (χ2n) is 4.73. The van der Waals surface area contributed by atoms with Crippen LogP contribution >= 0.6 is 31.9 Å². The van der Waals surface area contributed by atoms with Gasteiger partial charge in [0.1, 0.15) is 0 Å². The maximum Gasteiger partial charge on any atom is 0.0608 e. The molecule has 2 aromatic rings. The topological polar surface area (TPSA) is 29.9 Å². The van der Waals surface area contributed by atoms with Gasteiger partial charge in [-0.1, -0.05) is 45.7 Å². The van der Waals surface area contributed by atoms with Gasteiger partial charge < -0.3 is 5.32 Å². The van der Waals surface area contributed by atoms with Crippen LogP contribution in [-0.2, 0) is 6.54 Å². The van der Waals surface area contributed by atoms with Gasteiger partial charge in [-0.05, 0) is 36.7 Å². The average molecular weight is 401 g/mol. The second-order valence-corrected chi connectivity index (χ2v) is 6.56. The number of aryl methyl sites for hydroxylation is 1. The van der Waals surface area contributed by atoms with E-state index < -0.39 is 0 Å². The lowest BCUT2D eigenvalue weighted by Crippen LogP contribution is -2.21. The van der Waals surface area contributed by atoms with E-state index >= 15 is 0 Å². The Balaban J connectivity index is 2.33. The third kappa shape index (κ3) is 3.93. The van der Waals surface area contributed by atoms with Gasteiger partial charge in [0.25, 0.3) is 0 Å². The summed E-state index contributed by atoms with van der Waals surface area (Å²) in [4.78, 5) is 0. The third-order valence-electron chi connectivity index (χ3n) is 3.07. The molecule has 1 aromatic heterocycles. The van der Waals surface area contributed by atoms with Crippen molar-refractivity contribution in [2.24, 2.45) is 0 Å². The maximum absolute atomic E-state index is 4.43. The highest BCUT2D eigenvalue weighted by atomic mass is 79.9. The lowest BCUT2D eigenvalue weighted by atomic mass is 10.0. The van der Waals surface area contributed by atoms with Gasteiger partial charge in [0, 0.05) is 27.3 Å². The zero-order valence-corrected chi connectivity index (χ0v) is 14.9. The summed E-state index contributed by atoms with van der Waals surface area (Å²) >= 11 is 7.11. The molecule has 108 valence electrons. The summed E-state index contributed by atoms with van der Waals surface area (Å²) < 4.78 is 4.16. The fraction of sp³-hybridized carbons (Fsp3) is 0.400. The Morgan fingerprint density at radius 2 is 1.85 bits per heavy atom. The summed E-state index contributed by atoms with van der Waals surface area (Å²) in [7, 11) is 0. The Morgan fingerprint density at radius 1 is 1.15 bits per heavy atom. The van der Waals surface area contributed by atoms with Crippen molar-refractivity contribution in [2.75, 3.05) is 6.54 Å². The van der Waals surface area contributed by atoms with E-state index in [1.807, 2.05) is 16.9 Å². The van der Waals surface area contributed by atoms with Gasteiger partial charge in [-0.15, -0.1) is 0 Å². The number of nitrogens with zero attached hydrogens (tertiary/aromatic N) is 2. The molecule has 1 atom stereocenters. The minimum Gasteiger partial charge on any atom is -0.306 e. The van der Waals surface area contributed by atoms with Gasteiger partial charge in [-0.3, -0.25) is 4.68 Å². The Kier molecular flexibility index (Phi) is 5.81. The van der Waals surface area contributed by atoms with Crippen molar-refractivity contribution in [1.29, 1.82) is 0 Å². The summed E-state index contributed by atoms with van der Waals surface area (Å²) in [5.74, 6) is 0. The fourth-order valence-corrected chi connectivity index (χ4v) is 3.58. The minimum atomic E-state index is 0.166. The first kappa shape index (κ1) is 15.7. The van der Waals surface area contributed by atoms with Gasteiger partial charge in [0.2, 0.25) is 0 Å². The van der Waals surface area contributed by atoms with E-state index in [0.29, 0.717) is 0 Å². The Labute approximate surface area is 137 Å². The molecule has 0 aliphatic rings. The molecule has 0 spiro atoms. The quantitative estimate of drug-likeness (QED) is 0.772. The molecule has 20 heavy (non-hydrogen) atoms. The second kappa shape index (κ2) is 7.38. The molecular formula is C15H19Br2N3. The molecule has 0 amide bonds. The van der Waals surface area contributed by atoms with Crippen LogP contribution in [0.25, 0.3) is 0 Å². The van der Waals surface area contributed by atoms with Crippen molar-refractivity contribution in [1.82, 2.24) is 15.1 Å². The summed E-state index contributed by atoms with van der Waals surface area (Å²) in [5.41, 5.74) is 2.43. The van der Waals surface area contributed by atoms with Crippen LogP contribution in [0.5, 0.6) is 0 Å². The molecular weight excluding hydrogens is 382 g/mol. The zero-order valence-electron chi connectivity index (χ0n) is 11.7. The molecule has 0 aliphatic carbocycles. The molecule has 0 aliphatic heterocycles. The zero-order chi connectivity index (χ0) is 14.5. The van der Waals surface area contributed by atoms with Crippen LogP contribution in [-0.4, -0.2) is 16.3 Å². The van der Waals surface area contributed by atoms with Crippen LogP contribution in [0.2, 0.25) is 0 Å². The van der Waals surface area contributed by atoms with Crippen molar-refractivity contribution in [3.8, 4) is 0 Å². The van der Waals surface area contributed by atoms with Gasteiger partial charge in [0.05, 0.1) is 12.2 Å². The maximum atomic E-state index is 4.43. The summed E-state index contributed by atoms with van der Waals surface area (Å²) in [6, 6.07) is 6.51. The van der Waals surface area contributed by atoms with E-state index in [9.17, 15) is 0 Å². The monoisotopic (exact) mass is 399 g/mol. The largest absolute Gasteiger partial charge is 0.306 e. The highest BCUT2D eigenvalue weighted by Crippen LogP contribution is 2.28.